The predicted octanol–water partition coefficient (Wildman–Crippen LogP) is 2.47. The Balaban J connectivity index is 1.36. The molecule has 29 heavy (non-hydrogen) atoms. The molecule has 150 valence electrons. The van der Waals surface area contributed by atoms with Gasteiger partial charge in [-0.1, -0.05) is 30.3 Å². The number of hydrogen-bond donors (Lipinski definition) is 3. The lowest BCUT2D eigenvalue weighted by molar-refractivity contribution is -0.117. The largest absolute Gasteiger partial charge is 0.357 e. The fourth-order valence-electron chi connectivity index (χ4n) is 3.57. The van der Waals surface area contributed by atoms with Gasteiger partial charge >= 0.3 is 0 Å². The van der Waals surface area contributed by atoms with Gasteiger partial charge in [0.25, 0.3) is 0 Å². The van der Waals surface area contributed by atoms with Crippen LogP contribution in [0, 0.1) is 0 Å². The van der Waals surface area contributed by atoms with Gasteiger partial charge in [-0.2, -0.15) is 0 Å². The molecule has 1 aromatic heterocycles. The van der Waals surface area contributed by atoms with Gasteiger partial charge in [-0.05, 0) is 31.2 Å². The summed E-state index contributed by atoms with van der Waals surface area (Å²) in [5.74, 6) is 1.79. The zero-order chi connectivity index (χ0) is 20.1. The van der Waals surface area contributed by atoms with Crippen molar-refractivity contribution in [2.75, 3.05) is 24.5 Å². The molecule has 0 aliphatic carbocycles. The number of benzene rings is 2. The Hall–Kier alpha value is -3.35. The lowest BCUT2D eigenvalue weighted by atomic mass is 10.2. The van der Waals surface area contributed by atoms with E-state index in [1.165, 1.54) is 0 Å². The molecule has 4 rings (SSSR count). The van der Waals surface area contributed by atoms with Crippen molar-refractivity contribution in [2.45, 2.75) is 25.8 Å². The van der Waals surface area contributed by atoms with Gasteiger partial charge < -0.3 is 20.5 Å². The summed E-state index contributed by atoms with van der Waals surface area (Å²) in [6.07, 6.45) is 1.19. The highest BCUT2D eigenvalue weighted by molar-refractivity contribution is 5.97. The zero-order valence-corrected chi connectivity index (χ0v) is 16.6. The van der Waals surface area contributed by atoms with Gasteiger partial charge in [-0.25, -0.2) is 4.98 Å². The molecule has 0 radical (unpaired) electrons. The Kier molecular flexibility index (Phi) is 5.74. The third kappa shape index (κ3) is 4.56. The van der Waals surface area contributed by atoms with E-state index < -0.39 is 0 Å². The van der Waals surface area contributed by atoms with Crippen LogP contribution >= 0.6 is 0 Å². The minimum atomic E-state index is 0.0340. The van der Waals surface area contributed by atoms with Crippen LogP contribution in [0.2, 0.25) is 0 Å². The van der Waals surface area contributed by atoms with E-state index in [0.717, 1.165) is 41.5 Å². The van der Waals surface area contributed by atoms with Crippen LogP contribution in [0.4, 0.5) is 5.69 Å². The molecule has 3 N–H and O–H groups in total. The first-order chi connectivity index (χ1) is 14.2. The van der Waals surface area contributed by atoms with Crippen LogP contribution < -0.4 is 15.5 Å². The molecule has 2 heterocycles. The number of para-hydroxylation sites is 3. The van der Waals surface area contributed by atoms with Crippen molar-refractivity contribution in [3.63, 3.8) is 0 Å². The maximum atomic E-state index is 12.4. The van der Waals surface area contributed by atoms with Crippen LogP contribution in [-0.2, 0) is 11.2 Å². The molecule has 1 amide bonds. The lowest BCUT2D eigenvalue weighted by Crippen LogP contribution is -2.44. The normalized spacial score (nSPS) is 17.1. The Morgan fingerprint density at radius 1 is 1.21 bits per heavy atom. The van der Waals surface area contributed by atoms with Gasteiger partial charge in [-0.3, -0.25) is 9.79 Å². The SMILES string of the molecule is CCNC(=NCCc1nc2ccccc2[nH]1)NC1CC(=O)N(c2ccccc2)C1. The number of H-pyrrole nitrogens is 1. The Morgan fingerprint density at radius 2 is 2.00 bits per heavy atom. The van der Waals surface area contributed by atoms with Gasteiger partial charge in [0.15, 0.2) is 5.96 Å². The number of aromatic amines is 1. The topological polar surface area (TPSA) is 85.4 Å². The van der Waals surface area contributed by atoms with Crippen molar-refractivity contribution in [3.05, 3.63) is 60.4 Å². The molecule has 1 fully saturated rings. The lowest BCUT2D eigenvalue weighted by Gasteiger charge is -2.19. The average Bonchev–Trinajstić information content (AvgIpc) is 3.31. The number of guanidine groups is 1. The number of rotatable bonds is 6. The van der Waals surface area contributed by atoms with E-state index in [9.17, 15) is 4.79 Å². The molecule has 1 saturated heterocycles. The van der Waals surface area contributed by atoms with Gasteiger partial charge in [-0.15, -0.1) is 0 Å². The van der Waals surface area contributed by atoms with Gasteiger partial charge in [0.2, 0.25) is 5.91 Å². The first-order valence-corrected chi connectivity index (χ1v) is 10.1. The van der Waals surface area contributed by atoms with Crippen LogP contribution in [0.3, 0.4) is 0 Å². The van der Waals surface area contributed by atoms with E-state index in [1.807, 2.05) is 66.4 Å². The van der Waals surface area contributed by atoms with E-state index in [1.54, 1.807) is 0 Å². The van der Waals surface area contributed by atoms with Crippen molar-refractivity contribution in [1.82, 2.24) is 20.6 Å². The summed E-state index contributed by atoms with van der Waals surface area (Å²) in [5, 5.41) is 6.68. The number of hydrogen-bond acceptors (Lipinski definition) is 3. The number of aliphatic imine (C=N–C) groups is 1. The highest BCUT2D eigenvalue weighted by Gasteiger charge is 2.31. The molecule has 3 aromatic rings. The smallest absolute Gasteiger partial charge is 0.229 e. The summed E-state index contributed by atoms with van der Waals surface area (Å²) in [4.78, 5) is 26.8. The summed E-state index contributed by atoms with van der Waals surface area (Å²) in [6, 6.07) is 17.8. The predicted molar refractivity (Wildman–Crippen MR) is 116 cm³/mol. The Morgan fingerprint density at radius 3 is 2.79 bits per heavy atom. The first-order valence-electron chi connectivity index (χ1n) is 10.1. The highest BCUT2D eigenvalue weighted by Crippen LogP contribution is 2.21. The molecule has 0 bridgehead atoms. The van der Waals surface area contributed by atoms with Crippen molar-refractivity contribution in [3.8, 4) is 0 Å². The molecular formula is C22H26N6O. The second kappa shape index (κ2) is 8.77. The van der Waals surface area contributed by atoms with Gasteiger partial charge in [0.1, 0.15) is 5.82 Å². The minimum absolute atomic E-state index is 0.0340. The van der Waals surface area contributed by atoms with E-state index in [2.05, 4.69) is 25.6 Å². The van der Waals surface area contributed by atoms with Gasteiger partial charge in [0, 0.05) is 38.2 Å². The fraction of sp³-hybridized carbons (Fsp3) is 0.318. The number of carbonyl (C=O) groups excluding carboxylic acids is 1. The molecule has 0 saturated carbocycles. The Bertz CT molecular complexity index is 964. The Labute approximate surface area is 170 Å². The molecule has 1 aliphatic heterocycles. The summed E-state index contributed by atoms with van der Waals surface area (Å²) in [6.45, 7) is 4.04. The van der Waals surface area contributed by atoms with Crippen molar-refractivity contribution in [2.24, 2.45) is 4.99 Å². The first kappa shape index (κ1) is 19.0. The maximum absolute atomic E-state index is 12.4. The third-order valence-corrected chi connectivity index (χ3v) is 4.93. The van der Waals surface area contributed by atoms with Crippen LogP contribution in [0.15, 0.2) is 59.6 Å². The summed E-state index contributed by atoms with van der Waals surface area (Å²) in [5.41, 5.74) is 2.96. The van der Waals surface area contributed by atoms with Crippen LogP contribution in [-0.4, -0.2) is 47.5 Å². The van der Waals surface area contributed by atoms with Crippen molar-refractivity contribution < 1.29 is 4.79 Å². The van der Waals surface area contributed by atoms with Crippen LogP contribution in [0.25, 0.3) is 11.0 Å². The van der Waals surface area contributed by atoms with Crippen molar-refractivity contribution in [1.29, 1.82) is 0 Å². The zero-order valence-electron chi connectivity index (χ0n) is 16.6. The number of carbonyl (C=O) groups is 1. The van der Waals surface area contributed by atoms with Gasteiger partial charge in [0.05, 0.1) is 17.1 Å². The standard InChI is InChI=1S/C22H26N6O/c1-2-23-22(24-13-12-20-26-18-10-6-7-11-19(18)27-20)25-16-14-21(29)28(15-16)17-8-4-3-5-9-17/h3-11,16H,2,12-15H2,1H3,(H,26,27)(H2,23,24,25). The molecule has 7 nitrogen and oxygen atoms in total. The second-order valence-corrected chi connectivity index (χ2v) is 7.10. The van der Waals surface area contributed by atoms with Crippen LogP contribution in [0.1, 0.15) is 19.2 Å². The molecular weight excluding hydrogens is 364 g/mol. The molecule has 7 heteroatoms. The number of amides is 1. The third-order valence-electron chi connectivity index (χ3n) is 4.93. The van der Waals surface area contributed by atoms with E-state index in [-0.39, 0.29) is 11.9 Å². The van der Waals surface area contributed by atoms with E-state index in [0.29, 0.717) is 19.5 Å². The number of nitrogens with zero attached hydrogens (tertiary/aromatic N) is 3. The quantitative estimate of drug-likeness (QED) is 0.446. The monoisotopic (exact) mass is 390 g/mol. The molecule has 1 aliphatic rings. The summed E-state index contributed by atoms with van der Waals surface area (Å²) < 4.78 is 0. The number of imidazole rings is 1. The van der Waals surface area contributed by atoms with Crippen molar-refractivity contribution >= 4 is 28.6 Å². The number of fused-ring (bicyclic) bond motifs is 1. The number of anilines is 1. The summed E-state index contributed by atoms with van der Waals surface area (Å²) >= 11 is 0. The second-order valence-electron chi connectivity index (χ2n) is 7.10. The number of aromatic nitrogens is 2. The highest BCUT2D eigenvalue weighted by atomic mass is 16.2. The van der Waals surface area contributed by atoms with E-state index in [4.69, 9.17) is 0 Å². The average molecular weight is 390 g/mol. The van der Waals surface area contributed by atoms with Crippen LogP contribution in [0.5, 0.6) is 0 Å². The maximum Gasteiger partial charge on any atom is 0.229 e. The molecule has 0 spiro atoms. The van der Waals surface area contributed by atoms with E-state index >= 15 is 0 Å². The summed E-state index contributed by atoms with van der Waals surface area (Å²) in [7, 11) is 0. The number of nitrogens with one attached hydrogen (secondary N) is 3. The molecule has 2 aromatic carbocycles. The molecule has 1 unspecified atom stereocenters. The minimum Gasteiger partial charge on any atom is -0.357 e. The molecule has 1 atom stereocenters. The fourth-order valence-corrected chi connectivity index (χ4v) is 3.57.